The maximum atomic E-state index is 14.9. The van der Waals surface area contributed by atoms with Gasteiger partial charge in [0.1, 0.15) is 18.2 Å². The van der Waals surface area contributed by atoms with E-state index in [1.807, 2.05) is 6.92 Å². The molecule has 212 valence electrons. The molecule has 5 rings (SSSR count). The van der Waals surface area contributed by atoms with Gasteiger partial charge in [0.25, 0.3) is 0 Å². The normalized spacial score (nSPS) is 25.0. The number of carbonyl (C=O) groups excluding carboxylic acids is 1. The van der Waals surface area contributed by atoms with E-state index in [9.17, 15) is 22.0 Å². The van der Waals surface area contributed by atoms with Gasteiger partial charge in [-0.05, 0) is 87.4 Å². The van der Waals surface area contributed by atoms with Gasteiger partial charge in [-0.3, -0.25) is 4.90 Å². The Kier molecular flexibility index (Phi) is 8.47. The smallest absolute Gasteiger partial charge is 0.410 e. The van der Waals surface area contributed by atoms with Crippen molar-refractivity contribution in [1.29, 1.82) is 0 Å². The molecule has 1 aliphatic carbocycles. The van der Waals surface area contributed by atoms with Crippen molar-refractivity contribution >= 4 is 27.7 Å². The van der Waals surface area contributed by atoms with Crippen LogP contribution < -0.4 is 0 Å². The van der Waals surface area contributed by atoms with Crippen molar-refractivity contribution in [3.63, 3.8) is 0 Å². The second kappa shape index (κ2) is 11.7. The first-order chi connectivity index (χ1) is 18.6. The highest BCUT2D eigenvalue weighted by molar-refractivity contribution is 7.89. The minimum Gasteiger partial charge on any atom is -0.448 e. The van der Waals surface area contributed by atoms with Crippen molar-refractivity contribution < 1.29 is 26.7 Å². The summed E-state index contributed by atoms with van der Waals surface area (Å²) >= 11 is 5.98. The van der Waals surface area contributed by atoms with E-state index < -0.39 is 39.8 Å². The zero-order valence-electron chi connectivity index (χ0n) is 21.9. The molecule has 0 spiro atoms. The summed E-state index contributed by atoms with van der Waals surface area (Å²) in [5.74, 6) is -0.571. The Morgan fingerprint density at radius 2 is 1.79 bits per heavy atom. The molecule has 0 bridgehead atoms. The number of hydrogen-bond donors (Lipinski definition) is 0. The van der Waals surface area contributed by atoms with Crippen molar-refractivity contribution in [1.82, 2.24) is 14.1 Å². The minimum absolute atomic E-state index is 0.0210. The van der Waals surface area contributed by atoms with Gasteiger partial charge in [0.05, 0.1) is 17.0 Å². The molecule has 3 fully saturated rings. The summed E-state index contributed by atoms with van der Waals surface area (Å²) in [6, 6.07) is 7.03. The topological polar surface area (TPSA) is 70.2 Å². The number of ether oxygens (including phenoxy) is 1. The Balaban J connectivity index is 1.36. The van der Waals surface area contributed by atoms with E-state index in [4.69, 9.17) is 16.3 Å². The number of carbonyl (C=O) groups is 1. The second-order valence-corrected chi connectivity index (χ2v) is 13.2. The maximum absolute atomic E-state index is 14.9. The molecule has 39 heavy (non-hydrogen) atoms. The van der Waals surface area contributed by atoms with Gasteiger partial charge in [0, 0.05) is 42.8 Å². The van der Waals surface area contributed by atoms with Crippen molar-refractivity contribution in [2.24, 2.45) is 5.92 Å². The first-order valence-corrected chi connectivity index (χ1v) is 15.3. The molecular weight excluding hydrogens is 548 g/mol. The summed E-state index contributed by atoms with van der Waals surface area (Å²) in [6.07, 6.45) is 3.33. The number of piperazine rings is 1. The van der Waals surface area contributed by atoms with E-state index in [0.29, 0.717) is 30.8 Å². The molecule has 3 atom stereocenters. The van der Waals surface area contributed by atoms with Gasteiger partial charge in [-0.2, -0.15) is 4.31 Å². The standard InChI is InChI=1S/C28H34ClF2N3O4S/c1-19-16-32(17-20-5-6-20)13-14-33(19)28(35)38-18-23-3-2-4-27(25-15-22(30)9-12-26(25)31)34(23)39(36,37)24-10-7-21(29)8-11-24/h7-12,15,19-20,23,27H,2-6,13-14,16-18H2,1H3/t19-,23-,27+/m1/s1. The summed E-state index contributed by atoms with van der Waals surface area (Å²) in [4.78, 5) is 17.1. The SMILES string of the molecule is C[C@@H]1CN(CC2CC2)CCN1C(=O)OC[C@H]1CCC[C@@H](c2cc(F)ccc2F)N1S(=O)(=O)c1ccc(Cl)cc1. The van der Waals surface area contributed by atoms with Crippen molar-refractivity contribution in [3.8, 4) is 0 Å². The third-order valence-electron chi connectivity index (χ3n) is 7.95. The Morgan fingerprint density at radius 1 is 1.05 bits per heavy atom. The van der Waals surface area contributed by atoms with Gasteiger partial charge < -0.3 is 9.64 Å². The van der Waals surface area contributed by atoms with Crippen LogP contribution in [-0.2, 0) is 14.8 Å². The summed E-state index contributed by atoms with van der Waals surface area (Å²) in [5.41, 5.74) is -0.0380. The van der Waals surface area contributed by atoms with E-state index in [-0.39, 0.29) is 23.1 Å². The number of nitrogens with zero attached hydrogens (tertiary/aromatic N) is 3. The minimum atomic E-state index is -4.18. The summed E-state index contributed by atoms with van der Waals surface area (Å²) in [7, 11) is -4.18. The lowest BCUT2D eigenvalue weighted by molar-refractivity contribution is 0.0315. The first-order valence-electron chi connectivity index (χ1n) is 13.5. The molecule has 3 aliphatic rings. The van der Waals surface area contributed by atoms with Crippen LogP contribution in [0.5, 0.6) is 0 Å². The van der Waals surface area contributed by atoms with Gasteiger partial charge in [-0.1, -0.05) is 11.6 Å². The molecule has 2 aromatic carbocycles. The fourth-order valence-corrected chi connectivity index (χ4v) is 7.72. The molecule has 0 N–H and O–H groups in total. The second-order valence-electron chi connectivity index (χ2n) is 10.9. The fourth-order valence-electron chi connectivity index (χ4n) is 5.75. The van der Waals surface area contributed by atoms with Gasteiger partial charge in [-0.25, -0.2) is 22.0 Å². The lowest BCUT2D eigenvalue weighted by Crippen LogP contribution is -2.55. The zero-order chi connectivity index (χ0) is 27.7. The van der Waals surface area contributed by atoms with Crippen molar-refractivity contribution in [2.75, 3.05) is 32.8 Å². The van der Waals surface area contributed by atoms with Crippen LogP contribution in [0.1, 0.15) is 50.6 Å². The third-order valence-corrected chi connectivity index (χ3v) is 10.2. The largest absolute Gasteiger partial charge is 0.448 e. The highest BCUT2D eigenvalue weighted by atomic mass is 35.5. The number of piperidine rings is 1. The van der Waals surface area contributed by atoms with E-state index >= 15 is 0 Å². The van der Waals surface area contributed by atoms with E-state index in [2.05, 4.69) is 4.90 Å². The number of hydrogen-bond acceptors (Lipinski definition) is 5. The van der Waals surface area contributed by atoms with Crippen molar-refractivity contribution in [2.45, 2.75) is 62.0 Å². The van der Waals surface area contributed by atoms with Gasteiger partial charge >= 0.3 is 6.09 Å². The van der Waals surface area contributed by atoms with Crippen LogP contribution in [0.4, 0.5) is 13.6 Å². The Hall–Kier alpha value is -2.27. The van der Waals surface area contributed by atoms with E-state index in [1.54, 1.807) is 4.90 Å². The molecule has 0 aromatic heterocycles. The summed E-state index contributed by atoms with van der Waals surface area (Å²) < 4.78 is 63.8. The van der Waals surface area contributed by atoms with Gasteiger partial charge in [0.15, 0.2) is 0 Å². The lowest BCUT2D eigenvalue weighted by Gasteiger charge is -2.42. The molecule has 1 amide bonds. The maximum Gasteiger partial charge on any atom is 0.410 e. The fraction of sp³-hybridized carbons (Fsp3) is 0.536. The molecule has 2 saturated heterocycles. The van der Waals surface area contributed by atoms with Crippen LogP contribution in [0.2, 0.25) is 5.02 Å². The molecular formula is C28H34ClF2N3O4S. The first kappa shape index (κ1) is 28.3. The van der Waals surface area contributed by atoms with Crippen molar-refractivity contribution in [3.05, 3.63) is 64.7 Å². The summed E-state index contributed by atoms with van der Waals surface area (Å²) in [6.45, 7) is 4.95. The highest BCUT2D eigenvalue weighted by Crippen LogP contribution is 2.40. The van der Waals surface area contributed by atoms with Crippen LogP contribution >= 0.6 is 11.6 Å². The number of halogens is 3. The third kappa shape index (κ3) is 6.39. The van der Waals surface area contributed by atoms with Crippen LogP contribution in [0.3, 0.4) is 0 Å². The average molecular weight is 582 g/mol. The molecule has 0 radical (unpaired) electrons. The Morgan fingerprint density at radius 3 is 2.49 bits per heavy atom. The summed E-state index contributed by atoms with van der Waals surface area (Å²) in [5, 5.41) is 0.372. The highest BCUT2D eigenvalue weighted by Gasteiger charge is 2.43. The number of benzene rings is 2. The monoisotopic (exact) mass is 581 g/mol. The molecule has 0 unspecified atom stereocenters. The molecule has 2 aromatic rings. The van der Waals surface area contributed by atoms with E-state index in [0.717, 1.165) is 43.8 Å². The Labute approximate surface area is 233 Å². The van der Waals surface area contributed by atoms with Gasteiger partial charge in [-0.15, -0.1) is 0 Å². The molecule has 1 saturated carbocycles. The molecule has 7 nitrogen and oxygen atoms in total. The van der Waals surface area contributed by atoms with Crippen LogP contribution in [0, 0.1) is 17.6 Å². The zero-order valence-corrected chi connectivity index (χ0v) is 23.5. The predicted octanol–water partition coefficient (Wildman–Crippen LogP) is 5.46. The quantitative estimate of drug-likeness (QED) is 0.435. The number of sulfonamides is 1. The number of amides is 1. The molecule has 11 heteroatoms. The lowest BCUT2D eigenvalue weighted by atomic mass is 9.93. The predicted molar refractivity (Wildman–Crippen MR) is 144 cm³/mol. The van der Waals surface area contributed by atoms with Crippen LogP contribution in [0.15, 0.2) is 47.4 Å². The molecule has 2 heterocycles. The average Bonchev–Trinajstić information content (AvgIpc) is 3.73. The van der Waals surface area contributed by atoms with Gasteiger partial charge in [0.2, 0.25) is 10.0 Å². The van der Waals surface area contributed by atoms with E-state index in [1.165, 1.54) is 41.4 Å². The number of rotatable bonds is 7. The molecule has 2 aliphatic heterocycles. The van der Waals surface area contributed by atoms with Crippen LogP contribution in [-0.4, -0.2) is 73.5 Å². The Bertz CT molecular complexity index is 1290. The van der Waals surface area contributed by atoms with Crippen LogP contribution in [0.25, 0.3) is 0 Å².